The third kappa shape index (κ3) is 9.85. The van der Waals surface area contributed by atoms with Crippen molar-refractivity contribution in [3.63, 3.8) is 0 Å². The second-order valence-corrected chi connectivity index (χ2v) is 8.26. The summed E-state index contributed by atoms with van der Waals surface area (Å²) in [6.07, 6.45) is -0.560. The molecule has 0 fully saturated rings. The third-order valence-electron chi connectivity index (χ3n) is 5.20. The van der Waals surface area contributed by atoms with E-state index in [9.17, 15) is 39.3 Å². The fourth-order valence-corrected chi connectivity index (χ4v) is 3.27. The van der Waals surface area contributed by atoms with Crippen molar-refractivity contribution in [1.82, 2.24) is 16.0 Å². The molecule has 0 heterocycles. The lowest BCUT2D eigenvalue weighted by molar-refractivity contribution is -0.141. The molecule has 3 atom stereocenters. The van der Waals surface area contributed by atoms with Crippen LogP contribution in [-0.4, -0.2) is 69.6 Å². The molecule has 13 heteroatoms. The van der Waals surface area contributed by atoms with Gasteiger partial charge in [-0.3, -0.25) is 19.2 Å². The van der Waals surface area contributed by atoms with E-state index in [0.29, 0.717) is 11.1 Å². The van der Waals surface area contributed by atoms with Crippen LogP contribution in [0.3, 0.4) is 0 Å². The maximum atomic E-state index is 12.6. The first-order chi connectivity index (χ1) is 17.4. The second kappa shape index (κ2) is 13.4. The van der Waals surface area contributed by atoms with Crippen LogP contribution in [0, 0.1) is 0 Å². The second-order valence-electron chi connectivity index (χ2n) is 8.26. The number of carbonyl (C=O) groups is 5. The molecule has 0 aromatic heterocycles. The number of aliphatic carboxylic acids is 1. The molecular weight excluding hydrogens is 486 g/mol. The average molecular weight is 516 g/mol. The first-order valence-electron chi connectivity index (χ1n) is 11.1. The van der Waals surface area contributed by atoms with E-state index in [2.05, 4.69) is 16.0 Å². The summed E-state index contributed by atoms with van der Waals surface area (Å²) in [4.78, 5) is 60.3. The van der Waals surface area contributed by atoms with E-state index in [4.69, 9.17) is 11.5 Å². The molecule has 0 aliphatic heterocycles. The summed E-state index contributed by atoms with van der Waals surface area (Å²) >= 11 is 0. The molecular formula is C24H29N5O8. The molecule has 0 bridgehead atoms. The SMILES string of the molecule is NC(=O)CC(NC(=O)C(N)Cc1ccc(O)cc1)C(=O)NCC(=O)NC(Cc1ccc(O)cc1)C(=O)O. The van der Waals surface area contributed by atoms with Gasteiger partial charge in [-0.15, -0.1) is 0 Å². The predicted molar refractivity (Wildman–Crippen MR) is 130 cm³/mol. The normalized spacial score (nSPS) is 13.0. The first kappa shape index (κ1) is 28.6. The van der Waals surface area contributed by atoms with Gasteiger partial charge in [0.2, 0.25) is 23.6 Å². The fourth-order valence-electron chi connectivity index (χ4n) is 3.27. The van der Waals surface area contributed by atoms with Gasteiger partial charge in [0.1, 0.15) is 23.6 Å². The highest BCUT2D eigenvalue weighted by molar-refractivity contribution is 5.95. The van der Waals surface area contributed by atoms with Crippen LogP contribution in [0.1, 0.15) is 17.5 Å². The maximum absolute atomic E-state index is 12.6. The third-order valence-corrected chi connectivity index (χ3v) is 5.20. The van der Waals surface area contributed by atoms with Gasteiger partial charge in [-0.1, -0.05) is 24.3 Å². The van der Waals surface area contributed by atoms with Gasteiger partial charge in [-0.2, -0.15) is 0 Å². The number of hydrogen-bond acceptors (Lipinski definition) is 8. The van der Waals surface area contributed by atoms with Crippen LogP contribution in [0.2, 0.25) is 0 Å². The molecule has 0 spiro atoms. The number of hydrogen-bond donors (Lipinski definition) is 8. The molecule has 2 rings (SSSR count). The Morgan fingerprint density at radius 2 is 1.27 bits per heavy atom. The molecule has 198 valence electrons. The Morgan fingerprint density at radius 1 is 0.757 bits per heavy atom. The summed E-state index contributed by atoms with van der Waals surface area (Å²) in [5, 5.41) is 34.9. The molecule has 0 saturated carbocycles. The molecule has 0 radical (unpaired) electrons. The topological polar surface area (TPSA) is 234 Å². The van der Waals surface area contributed by atoms with Crippen molar-refractivity contribution in [2.24, 2.45) is 11.5 Å². The number of rotatable bonds is 13. The van der Waals surface area contributed by atoms with Crippen molar-refractivity contribution in [3.8, 4) is 11.5 Å². The summed E-state index contributed by atoms with van der Waals surface area (Å²) in [5.41, 5.74) is 12.3. The molecule has 4 amide bonds. The van der Waals surface area contributed by atoms with Crippen LogP contribution in [-0.2, 0) is 36.8 Å². The minimum Gasteiger partial charge on any atom is -0.508 e. The molecule has 2 aromatic carbocycles. The van der Waals surface area contributed by atoms with Crippen LogP contribution >= 0.6 is 0 Å². The summed E-state index contributed by atoms with van der Waals surface area (Å²) in [5.74, 6) is -4.64. The van der Waals surface area contributed by atoms with Crippen LogP contribution < -0.4 is 27.4 Å². The minimum atomic E-state index is -1.42. The van der Waals surface area contributed by atoms with Gasteiger partial charge in [-0.25, -0.2) is 4.79 Å². The average Bonchev–Trinajstić information content (AvgIpc) is 2.84. The number of aromatic hydroxyl groups is 2. The smallest absolute Gasteiger partial charge is 0.326 e. The zero-order valence-corrected chi connectivity index (χ0v) is 19.7. The Hall–Kier alpha value is -4.65. The fraction of sp³-hybridized carbons (Fsp3) is 0.292. The Bertz CT molecular complexity index is 1120. The zero-order valence-electron chi connectivity index (χ0n) is 19.7. The van der Waals surface area contributed by atoms with Crippen LogP contribution in [0.5, 0.6) is 11.5 Å². The monoisotopic (exact) mass is 515 g/mol. The highest BCUT2D eigenvalue weighted by Crippen LogP contribution is 2.12. The molecule has 10 N–H and O–H groups in total. The minimum absolute atomic E-state index is 0.00119. The Balaban J connectivity index is 1.93. The molecule has 3 unspecified atom stereocenters. The first-order valence-corrected chi connectivity index (χ1v) is 11.1. The number of carbonyl (C=O) groups excluding carboxylic acids is 4. The van der Waals surface area contributed by atoms with Crippen molar-refractivity contribution >= 4 is 29.6 Å². The lowest BCUT2D eigenvalue weighted by atomic mass is 10.0. The maximum Gasteiger partial charge on any atom is 0.326 e. The van der Waals surface area contributed by atoms with Crippen molar-refractivity contribution in [2.75, 3.05) is 6.54 Å². The summed E-state index contributed by atoms with van der Waals surface area (Å²) in [7, 11) is 0. The molecule has 0 aliphatic carbocycles. The Kier molecular flexibility index (Phi) is 10.4. The number of phenols is 2. The van der Waals surface area contributed by atoms with Crippen molar-refractivity contribution < 1.29 is 39.3 Å². The van der Waals surface area contributed by atoms with E-state index < -0.39 is 60.7 Å². The quantitative estimate of drug-likeness (QED) is 0.151. The lowest BCUT2D eigenvalue weighted by Crippen LogP contribution is -2.54. The highest BCUT2D eigenvalue weighted by atomic mass is 16.4. The van der Waals surface area contributed by atoms with E-state index in [-0.39, 0.29) is 24.3 Å². The van der Waals surface area contributed by atoms with E-state index in [1.165, 1.54) is 36.4 Å². The number of phenolic OH excluding ortho intramolecular Hbond substituents is 2. The van der Waals surface area contributed by atoms with Gasteiger partial charge in [0, 0.05) is 6.42 Å². The van der Waals surface area contributed by atoms with Crippen molar-refractivity contribution in [1.29, 1.82) is 0 Å². The molecule has 0 aliphatic rings. The highest BCUT2D eigenvalue weighted by Gasteiger charge is 2.27. The zero-order chi connectivity index (χ0) is 27.5. The number of amides is 4. The standard InChI is InChI=1S/C24H29N5O8/c25-17(9-13-1-5-15(30)6-2-13)22(34)29-18(11-20(26)32)23(35)27-12-21(33)28-19(24(36)37)10-14-3-7-16(31)8-4-14/h1-8,17-19,30-31H,9-12,25H2,(H2,26,32)(H,27,35)(H,28,33)(H,29,34)(H,36,37). The van der Waals surface area contributed by atoms with Gasteiger partial charge >= 0.3 is 5.97 Å². The van der Waals surface area contributed by atoms with Crippen molar-refractivity contribution in [3.05, 3.63) is 59.7 Å². The van der Waals surface area contributed by atoms with Crippen molar-refractivity contribution in [2.45, 2.75) is 37.4 Å². The van der Waals surface area contributed by atoms with Gasteiger partial charge in [-0.05, 0) is 41.8 Å². The molecule has 0 saturated heterocycles. The summed E-state index contributed by atoms with van der Waals surface area (Å²) < 4.78 is 0. The van der Waals surface area contributed by atoms with E-state index in [1.807, 2.05) is 0 Å². The predicted octanol–water partition coefficient (Wildman–Crippen LogP) is -1.74. The van der Waals surface area contributed by atoms with Crippen LogP contribution in [0.15, 0.2) is 48.5 Å². The largest absolute Gasteiger partial charge is 0.508 e. The van der Waals surface area contributed by atoms with Crippen LogP contribution in [0.4, 0.5) is 0 Å². The number of carboxylic acids is 1. The number of nitrogens with one attached hydrogen (secondary N) is 3. The van der Waals surface area contributed by atoms with Gasteiger partial charge in [0.15, 0.2) is 0 Å². The lowest BCUT2D eigenvalue weighted by Gasteiger charge is -2.20. The van der Waals surface area contributed by atoms with E-state index in [0.717, 1.165) is 0 Å². The number of primary amides is 1. The van der Waals surface area contributed by atoms with E-state index in [1.54, 1.807) is 12.1 Å². The molecule has 2 aromatic rings. The van der Waals surface area contributed by atoms with Gasteiger partial charge < -0.3 is 42.7 Å². The summed E-state index contributed by atoms with van der Waals surface area (Å²) in [6.45, 7) is -0.636. The van der Waals surface area contributed by atoms with Gasteiger partial charge in [0.25, 0.3) is 0 Å². The number of carboxylic acid groups (broad SMARTS) is 1. The Morgan fingerprint density at radius 3 is 1.76 bits per heavy atom. The Labute approximate surface area is 211 Å². The molecule has 13 nitrogen and oxygen atoms in total. The van der Waals surface area contributed by atoms with E-state index >= 15 is 0 Å². The number of benzene rings is 2. The molecule has 37 heavy (non-hydrogen) atoms. The van der Waals surface area contributed by atoms with Gasteiger partial charge in [0.05, 0.1) is 19.0 Å². The van der Waals surface area contributed by atoms with Crippen LogP contribution in [0.25, 0.3) is 0 Å². The number of nitrogens with two attached hydrogens (primary N) is 2. The summed E-state index contributed by atoms with van der Waals surface area (Å²) in [6, 6.07) is 7.92.